The largest absolute Gasteiger partial charge is 0.295 e. The summed E-state index contributed by atoms with van der Waals surface area (Å²) in [6.07, 6.45) is 1.97. The van der Waals surface area contributed by atoms with Crippen molar-refractivity contribution in [1.82, 2.24) is 9.91 Å². The van der Waals surface area contributed by atoms with E-state index in [1.807, 2.05) is 6.21 Å². The average Bonchev–Trinajstić information content (AvgIpc) is 2.58. The highest BCUT2D eigenvalue weighted by Crippen LogP contribution is 2.14. The molecule has 0 aromatic heterocycles. The summed E-state index contributed by atoms with van der Waals surface area (Å²) in [5.74, 6) is 0. The minimum Gasteiger partial charge on any atom is -0.295 e. The molecule has 0 saturated carbocycles. The average molecular weight is 321 g/mol. The maximum absolute atomic E-state index is 4.64. The topological polar surface area (TPSA) is 18.8 Å². The molecule has 126 valence electrons. The van der Waals surface area contributed by atoms with Crippen LogP contribution in [0.1, 0.15) is 27.8 Å². The van der Waals surface area contributed by atoms with Crippen molar-refractivity contribution in [3.8, 4) is 0 Å². The van der Waals surface area contributed by atoms with Gasteiger partial charge in [-0.05, 0) is 37.5 Å². The molecule has 0 unspecified atom stereocenters. The van der Waals surface area contributed by atoms with Gasteiger partial charge in [-0.15, -0.1) is 0 Å². The van der Waals surface area contributed by atoms with Crippen molar-refractivity contribution in [2.75, 3.05) is 26.2 Å². The summed E-state index contributed by atoms with van der Waals surface area (Å²) in [7, 11) is 0. The Labute approximate surface area is 145 Å². The monoisotopic (exact) mass is 321 g/mol. The minimum atomic E-state index is 0.993. The number of benzene rings is 2. The van der Waals surface area contributed by atoms with Gasteiger partial charge in [0.05, 0.1) is 6.21 Å². The fraction of sp³-hybridized carbons (Fsp3) is 0.381. The lowest BCUT2D eigenvalue weighted by Gasteiger charge is -2.33. The Balaban J connectivity index is 1.51. The first-order valence-electron chi connectivity index (χ1n) is 8.74. The van der Waals surface area contributed by atoms with Crippen molar-refractivity contribution in [2.24, 2.45) is 5.10 Å². The minimum absolute atomic E-state index is 0.993. The second kappa shape index (κ2) is 7.63. The van der Waals surface area contributed by atoms with Gasteiger partial charge in [0.15, 0.2) is 0 Å². The molecule has 1 heterocycles. The molecular formula is C21H27N3. The van der Waals surface area contributed by atoms with Crippen LogP contribution in [0.4, 0.5) is 0 Å². The Morgan fingerprint density at radius 1 is 0.875 bits per heavy atom. The van der Waals surface area contributed by atoms with E-state index in [0.717, 1.165) is 32.7 Å². The van der Waals surface area contributed by atoms with Crippen LogP contribution in [0.2, 0.25) is 0 Å². The van der Waals surface area contributed by atoms with Gasteiger partial charge < -0.3 is 0 Å². The third-order valence-electron chi connectivity index (χ3n) is 4.69. The Morgan fingerprint density at radius 3 is 2.21 bits per heavy atom. The van der Waals surface area contributed by atoms with Crippen molar-refractivity contribution >= 4 is 6.21 Å². The van der Waals surface area contributed by atoms with E-state index in [4.69, 9.17) is 0 Å². The number of hydrazone groups is 1. The van der Waals surface area contributed by atoms with Crippen LogP contribution in [0, 0.1) is 20.8 Å². The van der Waals surface area contributed by atoms with Crippen LogP contribution < -0.4 is 0 Å². The molecule has 3 rings (SSSR count). The third-order valence-corrected chi connectivity index (χ3v) is 4.69. The van der Waals surface area contributed by atoms with Crippen molar-refractivity contribution in [3.63, 3.8) is 0 Å². The van der Waals surface area contributed by atoms with Gasteiger partial charge in [0, 0.05) is 32.7 Å². The highest BCUT2D eigenvalue weighted by atomic mass is 15.5. The summed E-state index contributed by atoms with van der Waals surface area (Å²) < 4.78 is 0. The van der Waals surface area contributed by atoms with Crippen LogP contribution in [-0.4, -0.2) is 42.3 Å². The van der Waals surface area contributed by atoms with E-state index in [2.05, 4.69) is 78.2 Å². The van der Waals surface area contributed by atoms with E-state index in [-0.39, 0.29) is 0 Å². The summed E-state index contributed by atoms with van der Waals surface area (Å²) in [5.41, 5.74) is 6.63. The second-order valence-electron chi connectivity index (χ2n) is 6.82. The SMILES string of the molecule is Cc1ccc(/C=N/N2CCN(Cc3ccc(C)cc3C)CC2)cc1. The summed E-state index contributed by atoms with van der Waals surface area (Å²) in [5, 5.41) is 6.81. The van der Waals surface area contributed by atoms with E-state index in [1.54, 1.807) is 0 Å². The molecule has 2 aromatic carbocycles. The predicted molar refractivity (Wildman–Crippen MR) is 102 cm³/mol. The molecule has 1 aliphatic rings. The second-order valence-corrected chi connectivity index (χ2v) is 6.82. The van der Waals surface area contributed by atoms with Gasteiger partial charge in [-0.2, -0.15) is 5.10 Å². The molecule has 3 heteroatoms. The van der Waals surface area contributed by atoms with Crippen LogP contribution in [0.25, 0.3) is 0 Å². The number of aryl methyl sites for hydroxylation is 3. The van der Waals surface area contributed by atoms with Crippen molar-refractivity contribution in [2.45, 2.75) is 27.3 Å². The first-order chi connectivity index (χ1) is 11.6. The molecule has 0 N–H and O–H groups in total. The van der Waals surface area contributed by atoms with Crippen LogP contribution in [0.3, 0.4) is 0 Å². The molecule has 1 saturated heterocycles. The number of hydrogen-bond donors (Lipinski definition) is 0. The molecule has 0 aliphatic carbocycles. The van der Waals surface area contributed by atoms with Gasteiger partial charge >= 0.3 is 0 Å². The molecule has 0 bridgehead atoms. The van der Waals surface area contributed by atoms with Gasteiger partial charge in [0.25, 0.3) is 0 Å². The standard InChI is InChI=1S/C21H27N3/c1-17-4-7-20(8-5-17)15-22-24-12-10-23(11-13-24)16-21-9-6-18(2)14-19(21)3/h4-9,14-15H,10-13,16H2,1-3H3/b22-15+. The molecule has 1 aliphatic heterocycles. The zero-order valence-corrected chi connectivity index (χ0v) is 15.0. The van der Waals surface area contributed by atoms with Crippen LogP contribution >= 0.6 is 0 Å². The summed E-state index contributed by atoms with van der Waals surface area (Å²) in [6, 6.07) is 15.3. The maximum Gasteiger partial charge on any atom is 0.0542 e. The molecule has 0 radical (unpaired) electrons. The fourth-order valence-corrected chi connectivity index (χ4v) is 3.08. The first-order valence-corrected chi connectivity index (χ1v) is 8.74. The zero-order chi connectivity index (χ0) is 16.9. The van der Waals surface area contributed by atoms with E-state index in [9.17, 15) is 0 Å². The van der Waals surface area contributed by atoms with Gasteiger partial charge in [0.1, 0.15) is 0 Å². The lowest BCUT2D eigenvalue weighted by molar-refractivity contribution is 0.131. The Morgan fingerprint density at radius 2 is 1.54 bits per heavy atom. The highest BCUT2D eigenvalue weighted by Gasteiger charge is 2.16. The number of nitrogens with zero attached hydrogens (tertiary/aromatic N) is 3. The number of hydrogen-bond acceptors (Lipinski definition) is 3. The van der Waals surface area contributed by atoms with E-state index in [0.29, 0.717) is 0 Å². The predicted octanol–water partition coefficient (Wildman–Crippen LogP) is 3.76. The van der Waals surface area contributed by atoms with Crippen LogP contribution in [-0.2, 0) is 6.54 Å². The summed E-state index contributed by atoms with van der Waals surface area (Å²) >= 11 is 0. The van der Waals surface area contributed by atoms with Crippen molar-refractivity contribution in [1.29, 1.82) is 0 Å². The molecule has 1 fully saturated rings. The Kier molecular flexibility index (Phi) is 5.31. The molecule has 3 nitrogen and oxygen atoms in total. The van der Waals surface area contributed by atoms with Gasteiger partial charge in [-0.25, -0.2) is 0 Å². The quantitative estimate of drug-likeness (QED) is 0.799. The molecule has 0 amide bonds. The van der Waals surface area contributed by atoms with Crippen LogP contribution in [0.5, 0.6) is 0 Å². The van der Waals surface area contributed by atoms with Crippen molar-refractivity contribution in [3.05, 3.63) is 70.3 Å². The number of rotatable bonds is 4. The van der Waals surface area contributed by atoms with Gasteiger partial charge in [0.2, 0.25) is 0 Å². The highest BCUT2D eigenvalue weighted by molar-refractivity contribution is 5.79. The summed E-state index contributed by atoms with van der Waals surface area (Å²) in [4.78, 5) is 2.52. The Hall–Kier alpha value is -2.13. The van der Waals surface area contributed by atoms with Crippen molar-refractivity contribution < 1.29 is 0 Å². The maximum atomic E-state index is 4.64. The molecule has 24 heavy (non-hydrogen) atoms. The van der Waals surface area contributed by atoms with E-state index < -0.39 is 0 Å². The lowest BCUT2D eigenvalue weighted by Crippen LogP contribution is -2.43. The van der Waals surface area contributed by atoms with Crippen LogP contribution in [0.15, 0.2) is 47.6 Å². The number of piperazine rings is 1. The van der Waals surface area contributed by atoms with Gasteiger partial charge in [-0.1, -0.05) is 53.6 Å². The smallest absolute Gasteiger partial charge is 0.0542 e. The molecular weight excluding hydrogens is 294 g/mol. The normalized spacial score (nSPS) is 16.0. The summed E-state index contributed by atoms with van der Waals surface area (Å²) in [6.45, 7) is 11.6. The van der Waals surface area contributed by atoms with E-state index in [1.165, 1.54) is 27.8 Å². The molecule has 2 aromatic rings. The third kappa shape index (κ3) is 4.45. The first kappa shape index (κ1) is 16.7. The van der Waals surface area contributed by atoms with E-state index >= 15 is 0 Å². The molecule has 0 atom stereocenters. The molecule has 0 spiro atoms. The lowest BCUT2D eigenvalue weighted by atomic mass is 10.1. The van der Waals surface area contributed by atoms with Gasteiger partial charge in [-0.3, -0.25) is 9.91 Å². The Bertz CT molecular complexity index is 696. The fourth-order valence-electron chi connectivity index (χ4n) is 3.08. The zero-order valence-electron chi connectivity index (χ0n) is 15.0.